The molecule has 0 radical (unpaired) electrons. The number of hydrogen-bond donors (Lipinski definition) is 1. The maximum atomic E-state index is 11.2. The molecular formula is C11H19NO3. The average Bonchev–Trinajstić information content (AvgIpc) is 2.05. The summed E-state index contributed by atoms with van der Waals surface area (Å²) in [5, 5.41) is 9.17. The molecule has 0 saturated heterocycles. The molecule has 0 bridgehead atoms. The SMILES string of the molecule is CC(C)(C)N(C(=O)O)C1CCC(=O)CC1. The van der Waals surface area contributed by atoms with Crippen molar-refractivity contribution in [3.63, 3.8) is 0 Å². The number of carbonyl (C=O) groups is 2. The molecule has 1 amide bonds. The zero-order valence-corrected chi connectivity index (χ0v) is 9.62. The number of ketones is 1. The minimum atomic E-state index is -0.887. The highest BCUT2D eigenvalue weighted by atomic mass is 16.4. The lowest BCUT2D eigenvalue weighted by Gasteiger charge is -2.41. The van der Waals surface area contributed by atoms with Crippen LogP contribution in [0.2, 0.25) is 0 Å². The van der Waals surface area contributed by atoms with Crippen LogP contribution in [0.15, 0.2) is 0 Å². The Balaban J connectivity index is 2.73. The van der Waals surface area contributed by atoms with Crippen LogP contribution in [-0.4, -0.2) is 33.5 Å². The van der Waals surface area contributed by atoms with E-state index >= 15 is 0 Å². The van der Waals surface area contributed by atoms with Gasteiger partial charge in [-0.05, 0) is 33.6 Å². The maximum Gasteiger partial charge on any atom is 0.407 e. The number of nitrogens with zero attached hydrogens (tertiary/aromatic N) is 1. The molecule has 1 fully saturated rings. The van der Waals surface area contributed by atoms with Crippen molar-refractivity contribution in [3.8, 4) is 0 Å². The first-order valence-electron chi connectivity index (χ1n) is 5.36. The molecule has 0 aromatic heterocycles. The molecule has 4 nitrogen and oxygen atoms in total. The van der Waals surface area contributed by atoms with E-state index in [9.17, 15) is 9.59 Å². The van der Waals surface area contributed by atoms with Crippen molar-refractivity contribution in [1.82, 2.24) is 4.90 Å². The van der Waals surface area contributed by atoms with Crippen LogP contribution in [0.5, 0.6) is 0 Å². The number of hydrogen-bond acceptors (Lipinski definition) is 2. The van der Waals surface area contributed by atoms with Gasteiger partial charge in [0.1, 0.15) is 5.78 Å². The predicted molar refractivity (Wildman–Crippen MR) is 56.9 cm³/mol. The van der Waals surface area contributed by atoms with Gasteiger partial charge >= 0.3 is 6.09 Å². The van der Waals surface area contributed by atoms with E-state index in [1.54, 1.807) is 0 Å². The normalized spacial score (nSPS) is 19.0. The van der Waals surface area contributed by atoms with Gasteiger partial charge in [-0.15, -0.1) is 0 Å². The first kappa shape index (κ1) is 12.0. The van der Waals surface area contributed by atoms with Crippen molar-refractivity contribution < 1.29 is 14.7 Å². The van der Waals surface area contributed by atoms with Crippen LogP contribution in [-0.2, 0) is 4.79 Å². The molecule has 0 aromatic carbocycles. The van der Waals surface area contributed by atoms with Gasteiger partial charge < -0.3 is 10.0 Å². The van der Waals surface area contributed by atoms with E-state index in [0.29, 0.717) is 25.7 Å². The van der Waals surface area contributed by atoms with Gasteiger partial charge in [-0.25, -0.2) is 4.79 Å². The van der Waals surface area contributed by atoms with E-state index in [0.717, 1.165) is 0 Å². The third-order valence-corrected chi connectivity index (χ3v) is 2.81. The third kappa shape index (κ3) is 2.94. The van der Waals surface area contributed by atoms with Gasteiger partial charge in [0.25, 0.3) is 0 Å². The molecule has 0 heterocycles. The molecule has 1 N–H and O–H groups in total. The van der Waals surface area contributed by atoms with E-state index < -0.39 is 11.6 Å². The van der Waals surface area contributed by atoms with E-state index in [1.807, 2.05) is 20.8 Å². The van der Waals surface area contributed by atoms with E-state index in [1.165, 1.54) is 4.90 Å². The van der Waals surface area contributed by atoms with Gasteiger partial charge in [-0.2, -0.15) is 0 Å². The molecular weight excluding hydrogens is 194 g/mol. The topological polar surface area (TPSA) is 57.6 Å². The summed E-state index contributed by atoms with van der Waals surface area (Å²) >= 11 is 0. The monoisotopic (exact) mass is 213 g/mol. The van der Waals surface area contributed by atoms with Gasteiger partial charge in [-0.3, -0.25) is 4.79 Å². The van der Waals surface area contributed by atoms with Crippen LogP contribution in [0, 0.1) is 0 Å². The zero-order chi connectivity index (χ0) is 11.6. The second-order valence-electron chi connectivity index (χ2n) is 5.09. The van der Waals surface area contributed by atoms with Crippen LogP contribution in [0.4, 0.5) is 4.79 Å². The first-order valence-corrected chi connectivity index (χ1v) is 5.36. The molecule has 1 rings (SSSR count). The highest BCUT2D eigenvalue weighted by Gasteiger charge is 2.34. The van der Waals surface area contributed by atoms with Crippen molar-refractivity contribution in [2.24, 2.45) is 0 Å². The fourth-order valence-electron chi connectivity index (χ4n) is 2.17. The molecule has 86 valence electrons. The molecule has 0 spiro atoms. The van der Waals surface area contributed by atoms with E-state index in [2.05, 4.69) is 0 Å². The molecule has 0 aromatic rings. The number of Topliss-reactive ketones (excluding diaryl/α,β-unsaturated/α-hetero) is 1. The number of carbonyl (C=O) groups excluding carboxylic acids is 1. The minimum absolute atomic E-state index is 0.000185. The highest BCUT2D eigenvalue weighted by molar-refractivity contribution is 5.79. The number of amides is 1. The molecule has 0 atom stereocenters. The summed E-state index contributed by atoms with van der Waals surface area (Å²) in [5.41, 5.74) is -0.392. The molecule has 1 aliphatic rings. The quantitative estimate of drug-likeness (QED) is 0.727. The second-order valence-corrected chi connectivity index (χ2v) is 5.09. The van der Waals surface area contributed by atoms with Gasteiger partial charge in [-0.1, -0.05) is 0 Å². The number of rotatable bonds is 1. The Morgan fingerprint density at radius 1 is 1.33 bits per heavy atom. The molecule has 4 heteroatoms. The van der Waals surface area contributed by atoms with Crippen molar-refractivity contribution in [2.45, 2.75) is 58.0 Å². The Labute approximate surface area is 90.3 Å². The molecule has 0 unspecified atom stereocenters. The Kier molecular flexibility index (Phi) is 3.37. The molecule has 0 aliphatic heterocycles. The van der Waals surface area contributed by atoms with Gasteiger partial charge in [0, 0.05) is 24.4 Å². The van der Waals surface area contributed by atoms with Crippen LogP contribution < -0.4 is 0 Å². The largest absolute Gasteiger partial charge is 0.465 e. The van der Waals surface area contributed by atoms with Crippen LogP contribution in [0.25, 0.3) is 0 Å². The van der Waals surface area contributed by atoms with Crippen molar-refractivity contribution in [2.75, 3.05) is 0 Å². The van der Waals surface area contributed by atoms with Gasteiger partial charge in [0.15, 0.2) is 0 Å². The maximum absolute atomic E-state index is 11.2. The number of carboxylic acid groups (broad SMARTS) is 1. The third-order valence-electron chi connectivity index (χ3n) is 2.81. The minimum Gasteiger partial charge on any atom is -0.465 e. The molecule has 1 aliphatic carbocycles. The molecule has 1 saturated carbocycles. The van der Waals surface area contributed by atoms with Crippen molar-refractivity contribution >= 4 is 11.9 Å². The summed E-state index contributed by atoms with van der Waals surface area (Å²) in [6.45, 7) is 5.66. The van der Waals surface area contributed by atoms with Crippen LogP contribution in [0.3, 0.4) is 0 Å². The van der Waals surface area contributed by atoms with Crippen molar-refractivity contribution in [1.29, 1.82) is 0 Å². The summed E-state index contributed by atoms with van der Waals surface area (Å²) in [5.74, 6) is 0.255. The lowest BCUT2D eigenvalue weighted by Crippen LogP contribution is -2.52. The van der Waals surface area contributed by atoms with Crippen molar-refractivity contribution in [3.05, 3.63) is 0 Å². The van der Waals surface area contributed by atoms with E-state index in [4.69, 9.17) is 5.11 Å². The lowest BCUT2D eigenvalue weighted by atomic mass is 9.90. The fraction of sp³-hybridized carbons (Fsp3) is 0.818. The lowest BCUT2D eigenvalue weighted by molar-refractivity contribution is -0.121. The summed E-state index contributed by atoms with van der Waals surface area (Å²) in [4.78, 5) is 23.7. The van der Waals surface area contributed by atoms with Crippen LogP contribution >= 0.6 is 0 Å². The second kappa shape index (κ2) is 4.21. The summed E-state index contributed by atoms with van der Waals surface area (Å²) < 4.78 is 0. The Morgan fingerprint density at radius 2 is 1.80 bits per heavy atom. The summed E-state index contributed by atoms with van der Waals surface area (Å²) in [7, 11) is 0. The van der Waals surface area contributed by atoms with E-state index in [-0.39, 0.29) is 11.8 Å². The van der Waals surface area contributed by atoms with Crippen LogP contribution in [0.1, 0.15) is 46.5 Å². The molecule has 15 heavy (non-hydrogen) atoms. The average molecular weight is 213 g/mol. The van der Waals surface area contributed by atoms with Gasteiger partial charge in [0.2, 0.25) is 0 Å². The Bertz CT molecular complexity index is 257. The first-order chi connectivity index (χ1) is 6.82. The summed E-state index contributed by atoms with van der Waals surface area (Å²) in [6.07, 6.45) is 1.49. The Hall–Kier alpha value is -1.06. The smallest absolute Gasteiger partial charge is 0.407 e. The Morgan fingerprint density at radius 3 is 2.13 bits per heavy atom. The summed E-state index contributed by atoms with van der Waals surface area (Å²) in [6, 6.07) is 0.000185. The predicted octanol–water partition coefficient (Wildman–Crippen LogP) is 2.28. The van der Waals surface area contributed by atoms with Gasteiger partial charge in [0.05, 0.1) is 0 Å². The fourth-order valence-corrected chi connectivity index (χ4v) is 2.17. The highest BCUT2D eigenvalue weighted by Crippen LogP contribution is 2.26. The standard InChI is InChI=1S/C11H19NO3/c1-11(2,3)12(10(14)15)8-4-6-9(13)7-5-8/h8H,4-7H2,1-3H3,(H,14,15). The zero-order valence-electron chi connectivity index (χ0n) is 9.62.